The summed E-state index contributed by atoms with van der Waals surface area (Å²) in [5, 5.41) is 80.7. The number of hydrogen-bond acceptors (Lipinski definition) is 27. The molecule has 4 aliphatic heterocycles. The van der Waals surface area contributed by atoms with Gasteiger partial charge in [-0.3, -0.25) is 57.7 Å². The number of ether oxygens (including phenoxy) is 4. The molecule has 0 spiro atoms. The normalized spacial score (nSPS) is 24.7. The molecular formula is C82H104N12O25S3. The Labute approximate surface area is 708 Å². The van der Waals surface area contributed by atoms with Crippen LogP contribution in [0.2, 0.25) is 0 Å². The summed E-state index contributed by atoms with van der Waals surface area (Å²) < 4.78 is 93.6. The van der Waals surface area contributed by atoms with Crippen molar-refractivity contribution in [1.29, 1.82) is 0 Å². The number of benzene rings is 3. The minimum Gasteiger partial charge on any atom is -0.479 e. The molecule has 40 heteroatoms. The van der Waals surface area contributed by atoms with E-state index in [1.807, 2.05) is 52.9 Å². The third-order valence-electron chi connectivity index (χ3n) is 23.9. The van der Waals surface area contributed by atoms with Gasteiger partial charge in [0.1, 0.15) is 49.0 Å². The van der Waals surface area contributed by atoms with Crippen molar-refractivity contribution in [2.45, 2.75) is 205 Å². The molecule has 3 aromatic carbocycles. The Balaban J connectivity index is 0.709. The number of aliphatic hydroxyl groups is 4. The summed E-state index contributed by atoms with van der Waals surface area (Å²) in [7, 11) is -9.10. The molecule has 37 nitrogen and oxygen atoms in total. The van der Waals surface area contributed by atoms with Gasteiger partial charge in [-0.2, -0.15) is 21.9 Å². The van der Waals surface area contributed by atoms with Crippen molar-refractivity contribution in [1.82, 2.24) is 45.1 Å². The van der Waals surface area contributed by atoms with Crippen LogP contribution in [0.15, 0.2) is 91.1 Å². The van der Waals surface area contributed by atoms with E-state index in [1.165, 1.54) is 41.4 Å². The van der Waals surface area contributed by atoms with Crippen molar-refractivity contribution in [3.63, 3.8) is 0 Å². The molecule has 6 aliphatic rings. The fourth-order valence-electron chi connectivity index (χ4n) is 18.3. The highest BCUT2D eigenvalue weighted by Crippen LogP contribution is 2.61. The van der Waals surface area contributed by atoms with Crippen molar-refractivity contribution < 1.29 is 119 Å². The molecule has 4 fully saturated rings. The Kier molecular flexibility index (Phi) is 28.6. The number of para-hydroxylation sites is 1. The molecule has 6 aromatic rings. The lowest BCUT2D eigenvalue weighted by Crippen LogP contribution is -2.59. The van der Waals surface area contributed by atoms with Gasteiger partial charge in [-0.1, -0.05) is 75.8 Å². The van der Waals surface area contributed by atoms with Gasteiger partial charge in [-0.25, -0.2) is 24.4 Å². The van der Waals surface area contributed by atoms with Crippen LogP contribution < -0.4 is 26.2 Å². The number of aromatic carboxylic acids is 1. The second kappa shape index (κ2) is 38.1. The number of fused-ring (bicyclic) bond motifs is 4. The van der Waals surface area contributed by atoms with Crippen LogP contribution >= 0.6 is 11.3 Å². The first-order valence-corrected chi connectivity index (χ1v) is 44.5. The molecule has 2 aliphatic carbocycles. The van der Waals surface area contributed by atoms with Crippen molar-refractivity contribution in [2.75, 3.05) is 73.0 Å². The second-order valence-corrected chi connectivity index (χ2v) is 37.4. The highest BCUT2D eigenvalue weighted by Gasteiger charge is 2.56. The largest absolute Gasteiger partial charge is 0.479 e. The maximum absolute atomic E-state index is 14.5. The number of aryl methyl sites for hydroxylation is 1. The van der Waals surface area contributed by atoms with Crippen LogP contribution in [0.3, 0.4) is 0 Å². The Morgan fingerprint density at radius 2 is 1.55 bits per heavy atom. The first-order valence-electron chi connectivity index (χ1n) is 40.5. The number of hydrogen-bond donors (Lipinski definition) is 12. The smallest absolute Gasteiger partial charge is 0.410 e. The number of carbonyl (C=O) groups is 9. The van der Waals surface area contributed by atoms with Crippen LogP contribution in [-0.2, 0) is 100 Å². The molecule has 3 aromatic heterocycles. The first-order chi connectivity index (χ1) is 57.7. The molecule has 660 valence electrons. The Morgan fingerprint density at radius 3 is 2.25 bits per heavy atom. The molecule has 2 saturated heterocycles. The van der Waals surface area contributed by atoms with Gasteiger partial charge in [0.2, 0.25) is 17.7 Å². The number of aliphatic hydroxyl groups excluding tert-OH is 4. The van der Waals surface area contributed by atoms with Crippen LogP contribution in [0.5, 0.6) is 0 Å². The van der Waals surface area contributed by atoms with E-state index >= 15 is 0 Å². The molecule has 12 N–H and O–H groups in total. The number of rotatable bonds is 36. The molecule has 4 unspecified atom stereocenters. The Bertz CT molecular complexity index is 5170. The second-order valence-electron chi connectivity index (χ2n) is 33.3. The minimum atomic E-state index is -4.68. The van der Waals surface area contributed by atoms with Gasteiger partial charge in [-0.15, -0.1) is 0 Å². The number of nitrogens with zero attached hydrogens (tertiary/aromatic N) is 8. The molecule has 12 rings (SSSR count). The molecule has 2 saturated carbocycles. The first kappa shape index (κ1) is 91.4. The van der Waals surface area contributed by atoms with E-state index in [0.717, 1.165) is 75.4 Å². The number of imide groups is 1. The fourth-order valence-corrected chi connectivity index (χ4v) is 19.9. The van der Waals surface area contributed by atoms with E-state index in [0.29, 0.717) is 78.7 Å². The Hall–Kier alpha value is -9.82. The molecular weight excluding hydrogens is 1650 g/mol. The lowest BCUT2D eigenvalue weighted by Gasteiger charge is -2.58. The van der Waals surface area contributed by atoms with Crippen LogP contribution in [0, 0.1) is 23.7 Å². The molecule has 7 heterocycles. The number of aromatic nitrogens is 4. The zero-order chi connectivity index (χ0) is 88.1. The van der Waals surface area contributed by atoms with Crippen molar-refractivity contribution in [2.24, 2.45) is 16.7 Å². The standard InChI is InChI=1S/C82H104N12O25S3/c1-7-25-80(6)42-81(45-93-48(5)56(37-83-93)54-19-21-62(87-67(54)76(105)106)91-28-24-49-12-10-13-55(57(49)38-91)73(102)89-78-86-58-14-8-9-15-61(58)120-78)26-11-27-82(43-80,44-81)118-31-29-90(30-33-121(110,111)112)79(109)117-40-51-16-18-52(35-50(51)17-20-60-68(98)69(99)70(100)71(119-60)77(107)108)85-72(101)47(4)84-74(103)66(46(2)3)88-63(95)39-92-53(41-116-32-34-122(113,114)115)36-59(75(92)104)94-64(96)22-23-65(94)97/h8-10,12-16,18-19,21-23,35,37,46-47,53,59-60,66,68-71,75,98-100,104H,7,11,17,20,24-34,36,38-45H2,1-6H3,(H,84,103)(H,85,101)(H,88,95)(H,105,106)(H,107,108)(H,86,89,102)(H,110,111,112)(H,113,114,115)/t47-,53-,59-,60-,66-,68-,69+,70-,71-,75?,80?,81?,82?/m0/s1. The molecule has 13 atom stereocenters. The number of anilines is 3. The van der Waals surface area contributed by atoms with Gasteiger partial charge in [0.25, 0.3) is 38.0 Å². The number of nitrogens with one attached hydrogen (secondary N) is 4. The lowest BCUT2D eigenvalue weighted by molar-refractivity contribution is -0.228. The number of likely N-dealkylation sites (tertiary alicyclic amines) is 1. The van der Waals surface area contributed by atoms with E-state index in [4.69, 9.17) is 29.0 Å². The van der Waals surface area contributed by atoms with Crippen molar-refractivity contribution in [3.8, 4) is 11.1 Å². The summed E-state index contributed by atoms with van der Waals surface area (Å²) in [5.41, 5.74) is 3.80. The molecule has 0 radical (unpaired) electrons. The van der Waals surface area contributed by atoms with E-state index in [9.17, 15) is 99.7 Å². The monoisotopic (exact) mass is 1750 g/mol. The van der Waals surface area contributed by atoms with Crippen LogP contribution in [0.4, 0.5) is 21.4 Å². The zero-order valence-electron chi connectivity index (χ0n) is 68.3. The molecule has 122 heavy (non-hydrogen) atoms. The predicted molar refractivity (Wildman–Crippen MR) is 441 cm³/mol. The van der Waals surface area contributed by atoms with E-state index in [2.05, 4.69) is 40.1 Å². The van der Waals surface area contributed by atoms with Crippen LogP contribution in [0.1, 0.15) is 148 Å². The van der Waals surface area contributed by atoms with E-state index < -0.39 is 183 Å². The average Bonchev–Trinajstić information content (AvgIpc) is 1.62. The summed E-state index contributed by atoms with van der Waals surface area (Å²) in [6, 6.07) is 16.4. The van der Waals surface area contributed by atoms with Crippen molar-refractivity contribution in [3.05, 3.63) is 130 Å². The average molecular weight is 1750 g/mol. The highest BCUT2D eigenvalue weighted by molar-refractivity contribution is 7.86. The number of carbonyl (C=O) groups excluding carboxylic acids is 7. The van der Waals surface area contributed by atoms with E-state index in [-0.39, 0.29) is 72.9 Å². The SMILES string of the molecule is CCCC1(C)CC2(Cn3ncc(-c4ccc(N5CCc6cccc(C(=O)Nc7nc8ccccc8s7)c6C5)nc4C(=O)O)c3C)CCCC(OCCN(CCS(=O)(=O)O)C(=O)OCc3ccc(NC(=O)[C@H](C)NC(=O)[C@@H](NC(=O)CN4C(O)[C@@H](N5C(=O)C=CC5=O)C[C@H]4COCCS(=O)(=O)O)C(C)C)cc3CC[C@@H]3O[C@H](C(=O)O)[C@@H](O)[C@H](O)[C@H]3O)(C1)C2. The van der Waals surface area contributed by atoms with E-state index in [1.54, 1.807) is 38.2 Å². The summed E-state index contributed by atoms with van der Waals surface area (Å²) >= 11 is 1.38. The summed E-state index contributed by atoms with van der Waals surface area (Å²) in [4.78, 5) is 135. The molecule has 7 amide bonds. The van der Waals surface area contributed by atoms with Gasteiger partial charge >= 0.3 is 18.0 Å². The van der Waals surface area contributed by atoms with Crippen LogP contribution in [0.25, 0.3) is 21.3 Å². The highest BCUT2D eigenvalue weighted by atomic mass is 32.2. The predicted octanol–water partition coefficient (Wildman–Crippen LogP) is 4.86. The summed E-state index contributed by atoms with van der Waals surface area (Å²) in [5.74, 6) is -8.95. The number of aliphatic carboxylic acids is 1. The number of carboxylic acids is 2. The third-order valence-corrected chi connectivity index (χ3v) is 26.2. The van der Waals surface area contributed by atoms with Gasteiger partial charge in [0.05, 0.1) is 72.0 Å². The number of thiazole rings is 1. The maximum atomic E-state index is 14.5. The van der Waals surface area contributed by atoms with Gasteiger partial charge in [-0.05, 0) is 166 Å². The summed E-state index contributed by atoms with van der Waals surface area (Å²) in [6.45, 7) is 9.22. The zero-order valence-corrected chi connectivity index (χ0v) is 70.8. The fraction of sp³-hybridized carbons (Fsp3) is 0.537. The summed E-state index contributed by atoms with van der Waals surface area (Å²) in [6.07, 6.45) is -2.06. The van der Waals surface area contributed by atoms with Crippen LogP contribution in [-0.4, -0.2) is 269 Å². The maximum Gasteiger partial charge on any atom is 0.410 e. The number of amides is 7. The van der Waals surface area contributed by atoms with Gasteiger partial charge < -0.3 is 75.3 Å². The minimum absolute atomic E-state index is 0.0863. The quantitative estimate of drug-likeness (QED) is 0.0142. The third kappa shape index (κ3) is 21.7. The van der Waals surface area contributed by atoms with Gasteiger partial charge in [0.15, 0.2) is 16.9 Å². The lowest BCUT2D eigenvalue weighted by atomic mass is 9.51. The van der Waals surface area contributed by atoms with Crippen molar-refractivity contribution >= 4 is 112 Å². The number of pyridine rings is 1. The topological polar surface area (TPSA) is 525 Å². The Morgan fingerprint density at radius 1 is 0.803 bits per heavy atom. The molecule has 2 bridgehead atoms. The van der Waals surface area contributed by atoms with Gasteiger partial charge in [0, 0.05) is 79.0 Å². The number of carboxylic acid groups (broad SMARTS) is 2.